The van der Waals surface area contributed by atoms with E-state index in [0.717, 1.165) is 57.7 Å². The molecule has 3 heterocycles. The Labute approximate surface area is 165 Å². The van der Waals surface area contributed by atoms with E-state index in [-0.39, 0.29) is 17.9 Å². The molecule has 0 spiro atoms. The summed E-state index contributed by atoms with van der Waals surface area (Å²) < 4.78 is 0. The second kappa shape index (κ2) is 8.89. The van der Waals surface area contributed by atoms with Gasteiger partial charge in [0.1, 0.15) is 5.15 Å². The van der Waals surface area contributed by atoms with E-state index in [0.29, 0.717) is 11.7 Å². The molecular weight excluding hydrogens is 366 g/mol. The molecule has 1 atom stereocenters. The maximum atomic E-state index is 12.9. The minimum Gasteiger partial charge on any atom is -0.340 e. The molecule has 0 aromatic carbocycles. The number of piperidine rings is 1. The topological polar surface area (TPSA) is 60.0 Å². The van der Waals surface area contributed by atoms with E-state index in [1.54, 1.807) is 36.2 Å². The third-order valence-corrected chi connectivity index (χ3v) is 5.53. The molecule has 0 unspecified atom stereocenters. The van der Waals surface area contributed by atoms with E-state index < -0.39 is 0 Å². The van der Waals surface area contributed by atoms with Crippen molar-refractivity contribution in [1.29, 1.82) is 0 Å². The van der Waals surface area contributed by atoms with Crippen molar-refractivity contribution in [3.8, 4) is 0 Å². The van der Waals surface area contributed by atoms with Crippen molar-refractivity contribution in [2.24, 2.45) is 5.92 Å². The molecule has 0 saturated carbocycles. The Kier molecular flexibility index (Phi) is 6.55. The van der Waals surface area contributed by atoms with Crippen LogP contribution in [0.3, 0.4) is 0 Å². The zero-order valence-corrected chi connectivity index (χ0v) is 16.9. The second-order valence-corrected chi connectivity index (χ2v) is 7.94. The zero-order valence-electron chi connectivity index (χ0n) is 16.1. The molecule has 2 fully saturated rings. The molecule has 3 amide bonds. The van der Waals surface area contributed by atoms with E-state index in [2.05, 4.69) is 9.88 Å². The Morgan fingerprint density at radius 2 is 1.89 bits per heavy atom. The highest BCUT2D eigenvalue weighted by molar-refractivity contribution is 6.29. The van der Waals surface area contributed by atoms with Crippen molar-refractivity contribution in [2.45, 2.75) is 19.4 Å². The third kappa shape index (κ3) is 5.11. The van der Waals surface area contributed by atoms with Crippen molar-refractivity contribution in [2.75, 3.05) is 53.4 Å². The Hall–Kier alpha value is -1.86. The van der Waals surface area contributed by atoms with Crippen LogP contribution in [0.4, 0.5) is 4.79 Å². The summed E-state index contributed by atoms with van der Waals surface area (Å²) in [5, 5.41) is 0.503. The summed E-state index contributed by atoms with van der Waals surface area (Å²) in [5.74, 6) is 0.119. The fourth-order valence-electron chi connectivity index (χ4n) is 3.78. The van der Waals surface area contributed by atoms with Gasteiger partial charge in [-0.3, -0.25) is 9.69 Å². The number of amides is 3. The van der Waals surface area contributed by atoms with Gasteiger partial charge >= 0.3 is 6.03 Å². The van der Waals surface area contributed by atoms with Gasteiger partial charge in [-0.25, -0.2) is 9.78 Å². The fourth-order valence-corrected chi connectivity index (χ4v) is 3.89. The summed E-state index contributed by atoms with van der Waals surface area (Å²) in [7, 11) is 3.51. The first-order valence-corrected chi connectivity index (χ1v) is 9.89. The van der Waals surface area contributed by atoms with E-state index in [4.69, 9.17) is 11.6 Å². The van der Waals surface area contributed by atoms with Crippen LogP contribution in [0.1, 0.15) is 18.4 Å². The van der Waals surface area contributed by atoms with Gasteiger partial charge in [-0.1, -0.05) is 17.7 Å². The Balaban J connectivity index is 1.49. The van der Waals surface area contributed by atoms with Crippen molar-refractivity contribution in [1.82, 2.24) is 24.6 Å². The molecule has 1 aromatic rings. The summed E-state index contributed by atoms with van der Waals surface area (Å²) in [6.07, 6.45) is 3.56. The normalized spacial score (nSPS) is 21.2. The molecule has 8 heteroatoms. The Morgan fingerprint density at radius 1 is 1.15 bits per heavy atom. The lowest BCUT2D eigenvalue weighted by Gasteiger charge is -2.39. The Bertz CT molecular complexity index is 659. The van der Waals surface area contributed by atoms with Gasteiger partial charge < -0.3 is 14.7 Å². The van der Waals surface area contributed by atoms with Crippen molar-refractivity contribution >= 4 is 23.5 Å². The van der Waals surface area contributed by atoms with Crippen LogP contribution >= 0.6 is 11.6 Å². The van der Waals surface area contributed by atoms with Gasteiger partial charge in [0.2, 0.25) is 5.91 Å². The van der Waals surface area contributed by atoms with Crippen LogP contribution in [0.15, 0.2) is 18.3 Å². The first kappa shape index (κ1) is 19.9. The maximum Gasteiger partial charge on any atom is 0.319 e. The lowest BCUT2D eigenvalue weighted by atomic mass is 9.96. The van der Waals surface area contributed by atoms with E-state index >= 15 is 0 Å². The van der Waals surface area contributed by atoms with Crippen LogP contribution in [-0.2, 0) is 11.3 Å². The summed E-state index contributed by atoms with van der Waals surface area (Å²) >= 11 is 5.83. The number of urea groups is 1. The van der Waals surface area contributed by atoms with Crippen LogP contribution in [0, 0.1) is 5.92 Å². The summed E-state index contributed by atoms with van der Waals surface area (Å²) in [5.41, 5.74) is 1.13. The molecule has 2 aliphatic rings. The number of hydrogen-bond donors (Lipinski definition) is 0. The van der Waals surface area contributed by atoms with Crippen LogP contribution in [0.5, 0.6) is 0 Å². The van der Waals surface area contributed by atoms with Crippen LogP contribution < -0.4 is 0 Å². The predicted octanol–water partition coefficient (Wildman–Crippen LogP) is 1.77. The molecule has 1 aromatic heterocycles. The molecule has 0 bridgehead atoms. The standard InChI is InChI=1S/C19H28ClN5O2/c1-22(2)19(27)25-7-3-4-16(14-25)18(26)24-10-8-23(9-11-24)13-15-5-6-17(20)21-12-15/h5-6,12,16H,3-4,7-11,13-14H2,1-2H3/t16-/m0/s1. The molecule has 27 heavy (non-hydrogen) atoms. The van der Waals surface area contributed by atoms with Gasteiger partial charge in [0.25, 0.3) is 0 Å². The van der Waals surface area contributed by atoms with Gasteiger partial charge in [0, 0.05) is 66.1 Å². The molecule has 148 valence electrons. The first-order valence-electron chi connectivity index (χ1n) is 9.52. The van der Waals surface area contributed by atoms with Crippen LogP contribution in [-0.4, -0.2) is 89.9 Å². The number of nitrogens with zero attached hydrogens (tertiary/aromatic N) is 5. The number of halogens is 1. The number of aromatic nitrogens is 1. The number of carbonyl (C=O) groups excluding carboxylic acids is 2. The summed E-state index contributed by atoms with van der Waals surface area (Å²) in [6, 6.07) is 3.79. The lowest BCUT2D eigenvalue weighted by Crippen LogP contribution is -2.53. The smallest absolute Gasteiger partial charge is 0.319 e. The first-order chi connectivity index (χ1) is 12.9. The number of carbonyl (C=O) groups is 2. The molecule has 0 aliphatic carbocycles. The van der Waals surface area contributed by atoms with Crippen molar-refractivity contribution in [3.63, 3.8) is 0 Å². The average Bonchev–Trinajstić information content (AvgIpc) is 2.69. The lowest BCUT2D eigenvalue weighted by molar-refractivity contribution is -0.138. The summed E-state index contributed by atoms with van der Waals surface area (Å²) in [4.78, 5) is 36.9. The van der Waals surface area contributed by atoms with Gasteiger partial charge in [-0.15, -0.1) is 0 Å². The minimum absolute atomic E-state index is 0.00565. The maximum absolute atomic E-state index is 12.9. The van der Waals surface area contributed by atoms with Crippen molar-refractivity contribution in [3.05, 3.63) is 29.0 Å². The van der Waals surface area contributed by atoms with Gasteiger partial charge in [-0.05, 0) is 24.5 Å². The second-order valence-electron chi connectivity index (χ2n) is 7.55. The summed E-state index contributed by atoms with van der Waals surface area (Å²) in [6.45, 7) is 5.26. The number of rotatable bonds is 3. The van der Waals surface area contributed by atoms with Gasteiger partial charge in [0.05, 0.1) is 5.92 Å². The minimum atomic E-state index is -0.0744. The van der Waals surface area contributed by atoms with Crippen LogP contribution in [0.25, 0.3) is 0 Å². The zero-order chi connectivity index (χ0) is 19.4. The van der Waals surface area contributed by atoms with Gasteiger partial charge in [0.15, 0.2) is 0 Å². The Morgan fingerprint density at radius 3 is 2.52 bits per heavy atom. The molecule has 2 aliphatic heterocycles. The quantitative estimate of drug-likeness (QED) is 0.734. The van der Waals surface area contributed by atoms with E-state index in [1.165, 1.54) is 0 Å². The highest BCUT2D eigenvalue weighted by atomic mass is 35.5. The van der Waals surface area contributed by atoms with E-state index in [1.807, 2.05) is 11.0 Å². The molecular formula is C19H28ClN5O2. The number of piperazine rings is 1. The van der Waals surface area contributed by atoms with Gasteiger partial charge in [-0.2, -0.15) is 0 Å². The highest BCUT2D eigenvalue weighted by Gasteiger charge is 2.33. The largest absolute Gasteiger partial charge is 0.340 e. The average molecular weight is 394 g/mol. The number of pyridine rings is 1. The molecule has 0 N–H and O–H groups in total. The molecule has 0 radical (unpaired) electrons. The molecule has 7 nitrogen and oxygen atoms in total. The van der Waals surface area contributed by atoms with Crippen molar-refractivity contribution < 1.29 is 9.59 Å². The third-order valence-electron chi connectivity index (χ3n) is 5.30. The number of hydrogen-bond acceptors (Lipinski definition) is 4. The van der Waals surface area contributed by atoms with Crippen LogP contribution in [0.2, 0.25) is 5.15 Å². The monoisotopic (exact) mass is 393 g/mol. The number of likely N-dealkylation sites (tertiary alicyclic amines) is 1. The molecule has 2 saturated heterocycles. The molecule has 3 rings (SSSR count). The SMILES string of the molecule is CN(C)C(=O)N1CCC[C@H](C(=O)N2CCN(Cc3ccc(Cl)nc3)CC2)C1. The highest BCUT2D eigenvalue weighted by Crippen LogP contribution is 2.21. The predicted molar refractivity (Wildman–Crippen MR) is 104 cm³/mol. The fraction of sp³-hybridized carbons (Fsp3) is 0.632. The van der Waals surface area contributed by atoms with E-state index in [9.17, 15) is 9.59 Å².